The molecule has 5 aromatic rings. The number of rotatable bonds is 6. The average Bonchev–Trinajstić information content (AvgIpc) is 3.50. The molecule has 9 heteroatoms. The third-order valence-electron chi connectivity index (χ3n) is 5.66. The zero-order valence-electron chi connectivity index (χ0n) is 19.0. The molecule has 0 aliphatic heterocycles. The topological polar surface area (TPSA) is 94.0 Å². The Bertz CT molecular complexity index is 1570. The number of halogens is 1. The van der Waals surface area contributed by atoms with Crippen LogP contribution in [0.4, 0.5) is 4.39 Å². The number of aromatic nitrogens is 4. The molecule has 0 radical (unpaired) electrons. The van der Waals surface area contributed by atoms with Crippen molar-refractivity contribution in [1.29, 1.82) is 0 Å². The molecule has 2 aromatic carbocycles. The van der Waals surface area contributed by atoms with Crippen LogP contribution >= 0.6 is 11.3 Å². The predicted octanol–water partition coefficient (Wildman–Crippen LogP) is 5.39. The summed E-state index contributed by atoms with van der Waals surface area (Å²) in [6, 6.07) is 15.8. The standard InChI is InChI=1S/C26H21FN4O3S/c1-15-22(21-13-18(14-35-21)25-30-29-16(2)34-25)26(33)31(12-11-17-7-4-3-5-8-17)24(28-15)19-9-6-10-20(27)23(19)32/h3-10,13-14,32H,11-12H2,1-2H3. The highest BCUT2D eigenvalue weighted by Gasteiger charge is 2.22. The SMILES string of the molecule is Cc1nnc(-c2csc(-c3c(C)nc(-c4cccc(F)c4O)n(CCc4ccccc4)c3=O)c2)o1. The largest absolute Gasteiger partial charge is 0.504 e. The monoisotopic (exact) mass is 488 g/mol. The van der Waals surface area contributed by atoms with Crippen molar-refractivity contribution < 1.29 is 13.9 Å². The van der Waals surface area contributed by atoms with Gasteiger partial charge in [-0.05, 0) is 37.1 Å². The number of phenols is 1. The van der Waals surface area contributed by atoms with Crippen LogP contribution in [0.25, 0.3) is 33.3 Å². The Balaban J connectivity index is 1.65. The van der Waals surface area contributed by atoms with Gasteiger partial charge >= 0.3 is 0 Å². The third-order valence-corrected chi connectivity index (χ3v) is 6.61. The van der Waals surface area contributed by atoms with Crippen LogP contribution in [0, 0.1) is 19.7 Å². The van der Waals surface area contributed by atoms with Gasteiger partial charge in [-0.3, -0.25) is 9.36 Å². The molecule has 0 bridgehead atoms. The summed E-state index contributed by atoms with van der Waals surface area (Å²) in [6.45, 7) is 3.74. The van der Waals surface area contributed by atoms with E-state index in [0.29, 0.717) is 46.4 Å². The first-order valence-electron chi connectivity index (χ1n) is 10.9. The van der Waals surface area contributed by atoms with Crippen LogP contribution in [-0.2, 0) is 13.0 Å². The van der Waals surface area contributed by atoms with Gasteiger partial charge in [0.05, 0.1) is 22.4 Å². The third kappa shape index (κ3) is 4.38. The lowest BCUT2D eigenvalue weighted by Gasteiger charge is -2.16. The van der Waals surface area contributed by atoms with Crippen molar-refractivity contribution in [2.45, 2.75) is 26.8 Å². The second kappa shape index (κ2) is 9.27. The van der Waals surface area contributed by atoms with Crippen molar-refractivity contribution in [3.8, 4) is 39.0 Å². The molecule has 35 heavy (non-hydrogen) atoms. The quantitative estimate of drug-likeness (QED) is 0.344. The number of hydrogen-bond donors (Lipinski definition) is 1. The minimum Gasteiger partial charge on any atom is -0.504 e. The zero-order valence-corrected chi connectivity index (χ0v) is 19.8. The van der Waals surface area contributed by atoms with Crippen molar-refractivity contribution in [3.63, 3.8) is 0 Å². The smallest absolute Gasteiger partial charge is 0.262 e. The number of benzene rings is 2. The highest BCUT2D eigenvalue weighted by atomic mass is 32.1. The van der Waals surface area contributed by atoms with Crippen LogP contribution in [0.15, 0.2) is 69.2 Å². The van der Waals surface area contributed by atoms with E-state index in [4.69, 9.17) is 4.42 Å². The maximum absolute atomic E-state index is 14.2. The van der Waals surface area contributed by atoms with Crippen LogP contribution in [0.2, 0.25) is 0 Å². The van der Waals surface area contributed by atoms with Crippen molar-refractivity contribution >= 4 is 11.3 Å². The van der Waals surface area contributed by atoms with E-state index in [1.807, 2.05) is 41.8 Å². The summed E-state index contributed by atoms with van der Waals surface area (Å²) in [7, 11) is 0. The van der Waals surface area contributed by atoms with E-state index < -0.39 is 11.6 Å². The average molecular weight is 489 g/mol. The zero-order chi connectivity index (χ0) is 24.5. The second-order valence-electron chi connectivity index (χ2n) is 8.05. The molecule has 3 aromatic heterocycles. The predicted molar refractivity (Wildman–Crippen MR) is 132 cm³/mol. The molecule has 0 unspecified atom stereocenters. The van der Waals surface area contributed by atoms with Crippen LogP contribution in [0.3, 0.4) is 0 Å². The van der Waals surface area contributed by atoms with Crippen molar-refractivity contribution in [2.75, 3.05) is 0 Å². The molecule has 0 amide bonds. The van der Waals surface area contributed by atoms with Gasteiger partial charge in [0.25, 0.3) is 5.56 Å². The minimum absolute atomic E-state index is 0.165. The van der Waals surface area contributed by atoms with Crippen molar-refractivity contribution in [3.05, 3.63) is 93.3 Å². The Labute approximate surface area is 204 Å². The van der Waals surface area contributed by atoms with E-state index in [0.717, 1.165) is 5.56 Å². The van der Waals surface area contributed by atoms with Gasteiger partial charge < -0.3 is 9.52 Å². The van der Waals surface area contributed by atoms with E-state index in [1.54, 1.807) is 19.9 Å². The molecule has 176 valence electrons. The molecule has 0 saturated heterocycles. The molecule has 7 nitrogen and oxygen atoms in total. The van der Waals surface area contributed by atoms with Gasteiger partial charge in [0, 0.05) is 23.7 Å². The maximum atomic E-state index is 14.2. The second-order valence-corrected chi connectivity index (χ2v) is 8.96. The lowest BCUT2D eigenvalue weighted by Crippen LogP contribution is -2.27. The first kappa shape index (κ1) is 22.7. The lowest BCUT2D eigenvalue weighted by molar-refractivity contribution is 0.433. The molecule has 0 saturated carbocycles. The first-order valence-corrected chi connectivity index (χ1v) is 11.8. The summed E-state index contributed by atoms with van der Waals surface area (Å²) in [5.74, 6) is -0.265. The first-order chi connectivity index (χ1) is 16.9. The van der Waals surface area contributed by atoms with Crippen molar-refractivity contribution in [1.82, 2.24) is 19.7 Å². The van der Waals surface area contributed by atoms with Gasteiger partial charge in [-0.2, -0.15) is 0 Å². The number of phenolic OH excluding ortho intramolecular Hbond substituents is 1. The molecular formula is C26H21FN4O3S. The number of hydrogen-bond acceptors (Lipinski definition) is 7. The van der Waals surface area contributed by atoms with Crippen LogP contribution in [-0.4, -0.2) is 24.9 Å². The van der Waals surface area contributed by atoms with Gasteiger partial charge in [0.1, 0.15) is 5.82 Å². The van der Waals surface area contributed by atoms with Crippen LogP contribution in [0.1, 0.15) is 17.1 Å². The maximum Gasteiger partial charge on any atom is 0.262 e. The molecule has 0 aliphatic carbocycles. The van der Waals surface area contributed by atoms with Gasteiger partial charge in [-0.25, -0.2) is 9.37 Å². The Kier molecular flexibility index (Phi) is 6.00. The molecule has 5 rings (SSSR count). The molecule has 3 heterocycles. The summed E-state index contributed by atoms with van der Waals surface area (Å²) in [4.78, 5) is 19.2. The fraction of sp³-hybridized carbons (Fsp3) is 0.154. The summed E-state index contributed by atoms with van der Waals surface area (Å²) >= 11 is 1.38. The summed E-state index contributed by atoms with van der Waals surface area (Å²) < 4.78 is 21.2. The normalized spacial score (nSPS) is 11.2. The minimum atomic E-state index is -0.772. The Morgan fingerprint density at radius 2 is 1.89 bits per heavy atom. The summed E-state index contributed by atoms with van der Waals surface area (Å²) in [5, 5.41) is 20.2. The van der Waals surface area contributed by atoms with Gasteiger partial charge in [-0.15, -0.1) is 21.5 Å². The van der Waals surface area contributed by atoms with Gasteiger partial charge in [-0.1, -0.05) is 36.4 Å². The number of nitrogens with zero attached hydrogens (tertiary/aromatic N) is 4. The van der Waals surface area contributed by atoms with E-state index in [9.17, 15) is 14.3 Å². The number of para-hydroxylation sites is 1. The highest BCUT2D eigenvalue weighted by Crippen LogP contribution is 2.34. The highest BCUT2D eigenvalue weighted by molar-refractivity contribution is 7.14. The van der Waals surface area contributed by atoms with E-state index in [-0.39, 0.29) is 16.9 Å². The van der Waals surface area contributed by atoms with Gasteiger partial charge in [0.15, 0.2) is 11.6 Å². The van der Waals surface area contributed by atoms with E-state index in [2.05, 4.69) is 15.2 Å². The Hall–Kier alpha value is -4.11. The number of aromatic hydroxyl groups is 1. The summed E-state index contributed by atoms with van der Waals surface area (Å²) in [6.07, 6.45) is 0.560. The lowest BCUT2D eigenvalue weighted by atomic mass is 10.1. The fourth-order valence-electron chi connectivity index (χ4n) is 3.93. The van der Waals surface area contributed by atoms with Gasteiger partial charge in [0.2, 0.25) is 11.8 Å². The van der Waals surface area contributed by atoms with Crippen molar-refractivity contribution in [2.24, 2.45) is 0 Å². The Morgan fingerprint density at radius 3 is 2.63 bits per heavy atom. The van der Waals surface area contributed by atoms with Crippen LogP contribution < -0.4 is 5.56 Å². The number of thiophene rings is 1. The number of aryl methyl sites for hydroxylation is 3. The molecule has 0 atom stereocenters. The van der Waals surface area contributed by atoms with E-state index >= 15 is 0 Å². The van der Waals surface area contributed by atoms with E-state index in [1.165, 1.54) is 28.0 Å². The molecule has 0 aliphatic rings. The molecular weight excluding hydrogens is 467 g/mol. The van der Waals surface area contributed by atoms with Crippen LogP contribution in [0.5, 0.6) is 5.75 Å². The summed E-state index contributed by atoms with van der Waals surface area (Å²) in [5.41, 5.74) is 2.55. The Morgan fingerprint density at radius 1 is 1.09 bits per heavy atom. The fourth-order valence-corrected chi connectivity index (χ4v) is 4.90. The molecule has 0 fully saturated rings. The molecule has 0 spiro atoms. The molecule has 1 N–H and O–H groups in total.